The van der Waals surface area contributed by atoms with Gasteiger partial charge in [0.25, 0.3) is 0 Å². The van der Waals surface area contributed by atoms with Crippen molar-refractivity contribution in [1.82, 2.24) is 19.5 Å². The Hall–Kier alpha value is -1.38. The van der Waals surface area contributed by atoms with Crippen LogP contribution in [-0.2, 0) is 4.74 Å². The summed E-state index contributed by atoms with van der Waals surface area (Å²) in [6.07, 6.45) is 3.61. The molecule has 3 unspecified atom stereocenters. The van der Waals surface area contributed by atoms with Crippen LogP contribution in [0.4, 0.5) is 5.82 Å². The fraction of sp³-hybridized carbons (Fsp3) is 0.583. The third-order valence-corrected chi connectivity index (χ3v) is 4.58. The first-order valence-corrected chi connectivity index (χ1v) is 7.60. The van der Waals surface area contributed by atoms with Crippen LogP contribution in [0.2, 0.25) is 0 Å². The van der Waals surface area contributed by atoms with Crippen molar-refractivity contribution in [3.63, 3.8) is 0 Å². The lowest BCUT2D eigenvalue weighted by molar-refractivity contribution is -0.0196. The molecular formula is C12H17N5O2S. The van der Waals surface area contributed by atoms with E-state index in [1.54, 1.807) is 6.33 Å². The number of hydrogen-bond acceptors (Lipinski definition) is 7. The van der Waals surface area contributed by atoms with E-state index in [4.69, 9.17) is 10.5 Å². The van der Waals surface area contributed by atoms with Crippen LogP contribution in [0.5, 0.6) is 0 Å². The quantitative estimate of drug-likeness (QED) is 0.861. The molecule has 0 saturated carbocycles. The van der Waals surface area contributed by atoms with E-state index >= 15 is 0 Å². The fourth-order valence-electron chi connectivity index (χ4n) is 2.50. The highest BCUT2D eigenvalue weighted by Gasteiger charge is 2.37. The molecule has 3 heterocycles. The lowest BCUT2D eigenvalue weighted by Gasteiger charge is -2.19. The Labute approximate surface area is 120 Å². The number of rotatable bonds is 4. The Morgan fingerprint density at radius 3 is 3.10 bits per heavy atom. The van der Waals surface area contributed by atoms with E-state index in [0.29, 0.717) is 17.0 Å². The fourth-order valence-corrected chi connectivity index (χ4v) is 3.64. The van der Waals surface area contributed by atoms with Crippen LogP contribution in [-0.4, -0.2) is 48.3 Å². The highest BCUT2D eigenvalue weighted by molar-refractivity contribution is 7.99. The Bertz CT molecular complexity index is 605. The molecule has 1 aliphatic heterocycles. The molecule has 3 atom stereocenters. The predicted octanol–water partition coefficient (Wildman–Crippen LogP) is 0.810. The summed E-state index contributed by atoms with van der Waals surface area (Å²) in [7, 11) is 0. The summed E-state index contributed by atoms with van der Waals surface area (Å²) in [6, 6.07) is 0. The zero-order valence-corrected chi connectivity index (χ0v) is 12.0. The normalized spacial score (nSPS) is 26.4. The molecule has 1 saturated heterocycles. The molecule has 0 spiro atoms. The second-order valence-corrected chi connectivity index (χ2v) is 6.16. The maximum absolute atomic E-state index is 9.32. The van der Waals surface area contributed by atoms with Crippen LogP contribution in [0.3, 0.4) is 0 Å². The van der Waals surface area contributed by atoms with Crippen molar-refractivity contribution in [3.8, 4) is 0 Å². The zero-order valence-electron chi connectivity index (χ0n) is 11.1. The Morgan fingerprint density at radius 1 is 1.50 bits per heavy atom. The molecule has 1 aliphatic rings. The van der Waals surface area contributed by atoms with E-state index < -0.39 is 0 Å². The first-order chi connectivity index (χ1) is 9.74. The second-order valence-electron chi connectivity index (χ2n) is 4.64. The summed E-state index contributed by atoms with van der Waals surface area (Å²) in [5.41, 5.74) is 7.06. The van der Waals surface area contributed by atoms with Crippen molar-refractivity contribution < 1.29 is 9.84 Å². The average Bonchev–Trinajstić information content (AvgIpc) is 3.03. The SMILES string of the molecule is CCSC1CC(CO)OC1n1cnc2c(N)ncnc21. The van der Waals surface area contributed by atoms with E-state index in [2.05, 4.69) is 21.9 Å². The number of ether oxygens (including phenoxy) is 1. The molecule has 0 bridgehead atoms. The minimum Gasteiger partial charge on any atom is -0.394 e. The molecule has 20 heavy (non-hydrogen) atoms. The van der Waals surface area contributed by atoms with Gasteiger partial charge in [-0.2, -0.15) is 11.8 Å². The maximum atomic E-state index is 9.32. The third kappa shape index (κ3) is 2.23. The van der Waals surface area contributed by atoms with Gasteiger partial charge < -0.3 is 15.6 Å². The number of imidazole rings is 1. The molecule has 8 heteroatoms. The van der Waals surface area contributed by atoms with Gasteiger partial charge >= 0.3 is 0 Å². The Morgan fingerprint density at radius 2 is 2.35 bits per heavy atom. The summed E-state index contributed by atoms with van der Waals surface area (Å²) in [5.74, 6) is 1.36. The number of aliphatic hydroxyl groups is 1. The number of nitrogen functional groups attached to an aromatic ring is 1. The number of nitrogens with zero attached hydrogens (tertiary/aromatic N) is 4. The molecule has 108 valence electrons. The topological polar surface area (TPSA) is 99.1 Å². The van der Waals surface area contributed by atoms with Crippen molar-refractivity contribution >= 4 is 28.7 Å². The first-order valence-electron chi connectivity index (χ1n) is 6.55. The van der Waals surface area contributed by atoms with Gasteiger partial charge in [0.2, 0.25) is 0 Å². The van der Waals surface area contributed by atoms with Gasteiger partial charge in [0.05, 0.1) is 24.3 Å². The zero-order chi connectivity index (χ0) is 14.1. The van der Waals surface area contributed by atoms with Crippen molar-refractivity contribution in [2.75, 3.05) is 18.1 Å². The summed E-state index contributed by atoms with van der Waals surface area (Å²) < 4.78 is 7.80. The van der Waals surface area contributed by atoms with Crippen LogP contribution < -0.4 is 5.73 Å². The van der Waals surface area contributed by atoms with Crippen molar-refractivity contribution in [2.45, 2.75) is 30.9 Å². The van der Waals surface area contributed by atoms with Crippen LogP contribution in [0, 0.1) is 0 Å². The van der Waals surface area contributed by atoms with E-state index in [9.17, 15) is 5.11 Å². The van der Waals surface area contributed by atoms with Gasteiger partial charge in [-0.1, -0.05) is 6.92 Å². The molecule has 3 rings (SSSR count). The van der Waals surface area contributed by atoms with E-state index in [0.717, 1.165) is 12.2 Å². The highest BCUT2D eigenvalue weighted by Crippen LogP contribution is 2.38. The van der Waals surface area contributed by atoms with E-state index in [1.807, 2.05) is 16.3 Å². The highest BCUT2D eigenvalue weighted by atomic mass is 32.2. The van der Waals surface area contributed by atoms with E-state index in [1.165, 1.54) is 6.33 Å². The number of aliphatic hydroxyl groups excluding tert-OH is 1. The van der Waals surface area contributed by atoms with Gasteiger partial charge in [0.1, 0.15) is 18.1 Å². The van der Waals surface area contributed by atoms with Crippen molar-refractivity contribution in [2.24, 2.45) is 0 Å². The van der Waals surface area contributed by atoms with Gasteiger partial charge in [-0.15, -0.1) is 0 Å². The minimum atomic E-state index is -0.184. The monoisotopic (exact) mass is 295 g/mol. The number of thioether (sulfide) groups is 1. The third-order valence-electron chi connectivity index (χ3n) is 3.39. The molecule has 1 fully saturated rings. The van der Waals surface area contributed by atoms with E-state index in [-0.39, 0.29) is 24.2 Å². The largest absolute Gasteiger partial charge is 0.394 e. The molecule has 0 aromatic carbocycles. The standard InChI is InChI=1S/C12H17N5O2S/c1-2-20-8-3-7(4-18)19-12(8)17-6-16-9-10(13)14-5-15-11(9)17/h5-8,12,18H,2-4H2,1H3,(H2,13,14,15). The number of fused-ring (bicyclic) bond motifs is 1. The van der Waals surface area contributed by atoms with Gasteiger partial charge in [-0.3, -0.25) is 4.57 Å². The molecule has 3 N–H and O–H groups in total. The summed E-state index contributed by atoms with van der Waals surface area (Å²) in [4.78, 5) is 12.5. The van der Waals surface area contributed by atoms with Crippen LogP contribution >= 0.6 is 11.8 Å². The molecule has 0 radical (unpaired) electrons. The van der Waals surface area contributed by atoms with Crippen LogP contribution in [0.25, 0.3) is 11.2 Å². The summed E-state index contributed by atoms with van der Waals surface area (Å²) in [5, 5.41) is 9.59. The van der Waals surface area contributed by atoms with Gasteiger partial charge in [0.15, 0.2) is 11.5 Å². The molecule has 0 aliphatic carbocycles. The van der Waals surface area contributed by atoms with Gasteiger partial charge in [-0.05, 0) is 12.2 Å². The van der Waals surface area contributed by atoms with Crippen LogP contribution in [0.15, 0.2) is 12.7 Å². The number of aromatic nitrogens is 4. The molecule has 7 nitrogen and oxygen atoms in total. The number of hydrogen-bond donors (Lipinski definition) is 2. The lowest BCUT2D eigenvalue weighted by atomic mass is 10.2. The molecule has 2 aromatic heterocycles. The number of anilines is 1. The number of nitrogens with two attached hydrogens (primary N) is 1. The lowest BCUT2D eigenvalue weighted by Crippen LogP contribution is -2.18. The van der Waals surface area contributed by atoms with Crippen molar-refractivity contribution in [1.29, 1.82) is 0 Å². The van der Waals surface area contributed by atoms with Gasteiger partial charge in [-0.25, -0.2) is 15.0 Å². The predicted molar refractivity (Wildman–Crippen MR) is 77.3 cm³/mol. The minimum absolute atomic E-state index is 0.0288. The molecular weight excluding hydrogens is 278 g/mol. The van der Waals surface area contributed by atoms with Gasteiger partial charge in [0, 0.05) is 0 Å². The smallest absolute Gasteiger partial charge is 0.167 e. The van der Waals surface area contributed by atoms with Crippen LogP contribution in [0.1, 0.15) is 19.6 Å². The Kier molecular flexibility index (Phi) is 3.77. The summed E-state index contributed by atoms with van der Waals surface area (Å²) in [6.45, 7) is 2.14. The van der Waals surface area contributed by atoms with Crippen molar-refractivity contribution in [3.05, 3.63) is 12.7 Å². The summed E-state index contributed by atoms with van der Waals surface area (Å²) >= 11 is 1.82. The first kappa shape index (κ1) is 13.6. The Balaban J connectivity index is 1.98. The second kappa shape index (κ2) is 5.55. The maximum Gasteiger partial charge on any atom is 0.167 e. The average molecular weight is 295 g/mol. The molecule has 2 aromatic rings. The molecule has 0 amide bonds.